The molecule has 2 N–H and O–H groups in total. The third kappa shape index (κ3) is 3.13. The SMILES string of the molecule is Cc1cccc(Cl)c1NC(=O)NC1CC(=O)N(C2CC2)C1. The third-order valence-electron chi connectivity index (χ3n) is 3.94. The van der Waals surface area contributed by atoms with E-state index in [0.717, 1.165) is 18.4 Å². The molecule has 3 rings (SSSR count). The lowest BCUT2D eigenvalue weighted by Gasteiger charge is -2.17. The molecular formula is C15H18ClN3O2. The van der Waals surface area contributed by atoms with Crippen LogP contribution >= 0.6 is 11.6 Å². The van der Waals surface area contributed by atoms with Crippen LogP contribution in [0.25, 0.3) is 0 Å². The highest BCUT2D eigenvalue weighted by Crippen LogP contribution is 2.30. The fourth-order valence-electron chi connectivity index (χ4n) is 2.69. The molecule has 1 aliphatic heterocycles. The molecule has 0 radical (unpaired) electrons. The Morgan fingerprint density at radius 2 is 2.14 bits per heavy atom. The minimum absolute atomic E-state index is 0.124. The summed E-state index contributed by atoms with van der Waals surface area (Å²) in [5.74, 6) is 0.136. The van der Waals surface area contributed by atoms with Crippen LogP contribution in [0.3, 0.4) is 0 Å². The molecule has 1 atom stereocenters. The third-order valence-corrected chi connectivity index (χ3v) is 4.26. The van der Waals surface area contributed by atoms with Crippen molar-refractivity contribution in [3.63, 3.8) is 0 Å². The van der Waals surface area contributed by atoms with Crippen LogP contribution in [0.5, 0.6) is 0 Å². The Balaban J connectivity index is 1.58. The maximum Gasteiger partial charge on any atom is 0.319 e. The molecule has 1 saturated carbocycles. The second-order valence-corrected chi connectivity index (χ2v) is 6.12. The molecule has 0 spiro atoms. The number of carbonyl (C=O) groups is 2. The minimum atomic E-state index is -0.318. The van der Waals surface area contributed by atoms with Crippen LogP contribution in [-0.2, 0) is 4.79 Å². The molecule has 3 amide bonds. The monoisotopic (exact) mass is 307 g/mol. The molecular weight excluding hydrogens is 290 g/mol. The number of benzene rings is 1. The van der Waals surface area contributed by atoms with Crippen molar-refractivity contribution in [2.24, 2.45) is 0 Å². The second kappa shape index (κ2) is 5.56. The van der Waals surface area contributed by atoms with Crippen LogP contribution in [-0.4, -0.2) is 35.5 Å². The number of carbonyl (C=O) groups excluding carboxylic acids is 2. The van der Waals surface area contributed by atoms with Gasteiger partial charge in [0.2, 0.25) is 5.91 Å². The predicted molar refractivity (Wildman–Crippen MR) is 81.5 cm³/mol. The van der Waals surface area contributed by atoms with Crippen LogP contribution < -0.4 is 10.6 Å². The van der Waals surface area contributed by atoms with Gasteiger partial charge >= 0.3 is 6.03 Å². The highest BCUT2D eigenvalue weighted by molar-refractivity contribution is 6.33. The standard InChI is InChI=1S/C15H18ClN3O2/c1-9-3-2-4-12(16)14(9)18-15(21)17-10-7-13(20)19(8-10)11-5-6-11/h2-4,10-11H,5-8H2,1H3,(H2,17,18,21). The first-order valence-corrected chi connectivity index (χ1v) is 7.54. The van der Waals surface area contributed by atoms with Gasteiger partial charge in [-0.2, -0.15) is 0 Å². The lowest BCUT2D eigenvalue weighted by atomic mass is 10.2. The van der Waals surface area contributed by atoms with E-state index in [1.54, 1.807) is 6.07 Å². The Bertz CT molecular complexity index is 566. The van der Waals surface area contributed by atoms with Crippen LogP contribution in [0.4, 0.5) is 10.5 Å². The van der Waals surface area contributed by atoms with E-state index < -0.39 is 0 Å². The number of nitrogens with zero attached hydrogens (tertiary/aromatic N) is 1. The number of para-hydroxylation sites is 1. The zero-order valence-corrected chi connectivity index (χ0v) is 12.6. The van der Waals surface area contributed by atoms with Gasteiger partial charge in [0.25, 0.3) is 0 Å². The number of likely N-dealkylation sites (tertiary alicyclic amines) is 1. The van der Waals surface area contributed by atoms with Crippen LogP contribution in [0.2, 0.25) is 5.02 Å². The molecule has 1 unspecified atom stereocenters. The second-order valence-electron chi connectivity index (χ2n) is 5.71. The molecule has 112 valence electrons. The molecule has 5 nitrogen and oxygen atoms in total. The van der Waals surface area contributed by atoms with Crippen LogP contribution in [0.15, 0.2) is 18.2 Å². The zero-order valence-electron chi connectivity index (χ0n) is 11.9. The molecule has 2 fully saturated rings. The number of urea groups is 1. The predicted octanol–water partition coefficient (Wildman–Crippen LogP) is 2.53. The quantitative estimate of drug-likeness (QED) is 0.901. The number of halogens is 1. The molecule has 1 heterocycles. The van der Waals surface area contributed by atoms with Crippen molar-refractivity contribution in [2.45, 2.75) is 38.3 Å². The number of amides is 3. The van der Waals surface area contributed by atoms with Crippen molar-refractivity contribution in [1.29, 1.82) is 0 Å². The van der Waals surface area contributed by atoms with E-state index in [-0.39, 0.29) is 18.0 Å². The van der Waals surface area contributed by atoms with Gasteiger partial charge in [-0.25, -0.2) is 4.79 Å². The van der Waals surface area contributed by atoms with Gasteiger partial charge in [0, 0.05) is 19.0 Å². The summed E-state index contributed by atoms with van der Waals surface area (Å²) in [6, 6.07) is 5.41. The van der Waals surface area contributed by atoms with Crippen molar-refractivity contribution < 1.29 is 9.59 Å². The summed E-state index contributed by atoms with van der Waals surface area (Å²) in [6.07, 6.45) is 2.55. The summed E-state index contributed by atoms with van der Waals surface area (Å²) < 4.78 is 0. The maximum absolute atomic E-state index is 12.1. The van der Waals surface area contributed by atoms with Gasteiger partial charge in [0.15, 0.2) is 0 Å². The first-order chi connectivity index (χ1) is 10.0. The van der Waals surface area contributed by atoms with Crippen LogP contribution in [0.1, 0.15) is 24.8 Å². The Morgan fingerprint density at radius 3 is 2.81 bits per heavy atom. The van der Waals surface area contributed by atoms with Crippen molar-refractivity contribution in [3.05, 3.63) is 28.8 Å². The molecule has 1 aliphatic carbocycles. The van der Waals surface area contributed by atoms with E-state index >= 15 is 0 Å². The van der Waals surface area contributed by atoms with Gasteiger partial charge in [0.05, 0.1) is 16.8 Å². The van der Waals surface area contributed by atoms with Gasteiger partial charge in [-0.1, -0.05) is 23.7 Å². The number of hydrogen-bond acceptors (Lipinski definition) is 2. The van der Waals surface area contributed by atoms with Gasteiger partial charge in [-0.15, -0.1) is 0 Å². The molecule has 1 aromatic carbocycles. The smallest absolute Gasteiger partial charge is 0.319 e. The molecule has 0 aromatic heterocycles. The zero-order chi connectivity index (χ0) is 15.0. The molecule has 1 saturated heterocycles. The summed E-state index contributed by atoms with van der Waals surface area (Å²) in [5, 5.41) is 6.13. The lowest BCUT2D eigenvalue weighted by molar-refractivity contribution is -0.128. The molecule has 2 aliphatic rings. The minimum Gasteiger partial charge on any atom is -0.338 e. The summed E-state index contributed by atoms with van der Waals surface area (Å²) in [6.45, 7) is 2.49. The Labute approximate surface area is 128 Å². The summed E-state index contributed by atoms with van der Waals surface area (Å²) in [4.78, 5) is 25.8. The van der Waals surface area contributed by atoms with Gasteiger partial charge < -0.3 is 15.5 Å². The van der Waals surface area contributed by atoms with Crippen molar-refractivity contribution >= 4 is 29.2 Å². The molecule has 0 bridgehead atoms. The largest absolute Gasteiger partial charge is 0.338 e. The van der Waals surface area contributed by atoms with E-state index in [1.807, 2.05) is 24.0 Å². The Hall–Kier alpha value is -1.75. The molecule has 1 aromatic rings. The fourth-order valence-corrected chi connectivity index (χ4v) is 2.96. The summed E-state index contributed by atoms with van der Waals surface area (Å²) in [7, 11) is 0. The van der Waals surface area contributed by atoms with Gasteiger partial charge in [-0.05, 0) is 31.4 Å². The highest BCUT2D eigenvalue weighted by atomic mass is 35.5. The van der Waals surface area contributed by atoms with E-state index in [4.69, 9.17) is 11.6 Å². The van der Waals surface area contributed by atoms with E-state index in [1.165, 1.54) is 0 Å². The van der Waals surface area contributed by atoms with Gasteiger partial charge in [0.1, 0.15) is 0 Å². The van der Waals surface area contributed by atoms with Crippen LogP contribution in [0, 0.1) is 6.92 Å². The van der Waals surface area contributed by atoms with Crippen molar-refractivity contribution in [2.75, 3.05) is 11.9 Å². The van der Waals surface area contributed by atoms with Crippen molar-refractivity contribution in [3.8, 4) is 0 Å². The van der Waals surface area contributed by atoms with E-state index in [0.29, 0.717) is 29.7 Å². The summed E-state index contributed by atoms with van der Waals surface area (Å²) >= 11 is 6.08. The first kappa shape index (κ1) is 14.2. The highest BCUT2D eigenvalue weighted by Gasteiger charge is 2.39. The Kier molecular flexibility index (Phi) is 3.76. The number of anilines is 1. The molecule has 6 heteroatoms. The fraction of sp³-hybridized carbons (Fsp3) is 0.467. The summed E-state index contributed by atoms with van der Waals surface area (Å²) in [5.41, 5.74) is 1.51. The van der Waals surface area contributed by atoms with Gasteiger partial charge in [-0.3, -0.25) is 4.79 Å². The average molecular weight is 308 g/mol. The molecule has 21 heavy (non-hydrogen) atoms. The van der Waals surface area contributed by atoms with E-state index in [2.05, 4.69) is 10.6 Å². The lowest BCUT2D eigenvalue weighted by Crippen LogP contribution is -2.40. The topological polar surface area (TPSA) is 61.4 Å². The number of hydrogen-bond donors (Lipinski definition) is 2. The first-order valence-electron chi connectivity index (χ1n) is 7.16. The number of nitrogens with one attached hydrogen (secondary N) is 2. The number of aryl methyl sites for hydroxylation is 1. The maximum atomic E-state index is 12.1. The van der Waals surface area contributed by atoms with Crippen molar-refractivity contribution in [1.82, 2.24) is 10.2 Å². The number of rotatable bonds is 3. The normalized spacial score (nSPS) is 21.5. The average Bonchev–Trinajstić information content (AvgIpc) is 3.19. The Morgan fingerprint density at radius 1 is 1.38 bits per heavy atom. The van der Waals surface area contributed by atoms with E-state index in [9.17, 15) is 9.59 Å².